The second kappa shape index (κ2) is 11.2. The van der Waals surface area contributed by atoms with Crippen LogP contribution >= 0.6 is 22.9 Å². The van der Waals surface area contributed by atoms with Gasteiger partial charge in [-0.25, -0.2) is 23.5 Å². The molecular formula is C28H25ClF2N4O4S. The first kappa shape index (κ1) is 26.8. The van der Waals surface area contributed by atoms with Crippen molar-refractivity contribution in [2.45, 2.75) is 38.6 Å². The molecule has 1 atom stereocenters. The minimum absolute atomic E-state index is 0.0775. The molecule has 0 radical (unpaired) electrons. The molecule has 1 unspecified atom stereocenters. The van der Waals surface area contributed by atoms with Gasteiger partial charge in [-0.3, -0.25) is 4.90 Å². The topological polar surface area (TPSA) is 89.7 Å². The van der Waals surface area contributed by atoms with Crippen LogP contribution in [0.15, 0.2) is 42.5 Å². The summed E-state index contributed by atoms with van der Waals surface area (Å²) in [5.41, 5.74) is 2.50. The van der Waals surface area contributed by atoms with E-state index in [-0.39, 0.29) is 28.5 Å². The number of aromatic carboxylic acids is 1. The summed E-state index contributed by atoms with van der Waals surface area (Å²) >= 11 is 6.98. The molecule has 8 nitrogen and oxygen atoms in total. The monoisotopic (exact) mass is 586 g/mol. The van der Waals surface area contributed by atoms with E-state index in [1.165, 1.54) is 35.6 Å². The number of pyridine rings is 1. The predicted octanol–water partition coefficient (Wildman–Crippen LogP) is 5.78. The molecule has 6 rings (SSSR count). The number of ether oxygens (including phenoxy) is 2. The van der Waals surface area contributed by atoms with Gasteiger partial charge in [-0.15, -0.1) is 11.3 Å². The lowest BCUT2D eigenvalue weighted by atomic mass is 10.0. The van der Waals surface area contributed by atoms with Gasteiger partial charge in [0.1, 0.15) is 33.8 Å². The molecule has 12 heteroatoms. The number of halogens is 3. The summed E-state index contributed by atoms with van der Waals surface area (Å²) < 4.78 is 41.8. The Morgan fingerprint density at radius 1 is 1.23 bits per heavy atom. The van der Waals surface area contributed by atoms with Gasteiger partial charge in [-0.05, 0) is 36.6 Å². The van der Waals surface area contributed by atoms with Gasteiger partial charge in [-0.1, -0.05) is 23.7 Å². The molecule has 0 saturated carbocycles. The number of hydrogen-bond acceptors (Lipinski definition) is 7. The lowest BCUT2D eigenvalue weighted by Crippen LogP contribution is -2.33. The molecule has 0 aliphatic carbocycles. The maximum absolute atomic E-state index is 14.4. The van der Waals surface area contributed by atoms with E-state index in [1.54, 1.807) is 12.1 Å². The van der Waals surface area contributed by atoms with Crippen molar-refractivity contribution in [1.29, 1.82) is 0 Å². The summed E-state index contributed by atoms with van der Waals surface area (Å²) in [5.74, 6) is -1.00. The maximum atomic E-state index is 14.4. The standard InChI is InChI=1S/C28H25ClF2N4O4S/c29-18-2-1-17(21(31)9-18)15-39-26-11-19(30)10-22(32-26)16-3-6-34(7-4-16)14-25-33-27-23(12-24(40-27)28(36)37)35(25)13-20-5-8-38-20/h1-3,9-12,20H,4-8,13-15H2,(H,36,37). The lowest BCUT2D eigenvalue weighted by Gasteiger charge is -2.29. The van der Waals surface area contributed by atoms with E-state index >= 15 is 0 Å². The molecule has 4 aromatic rings. The van der Waals surface area contributed by atoms with Gasteiger partial charge >= 0.3 is 5.97 Å². The van der Waals surface area contributed by atoms with Crippen molar-refractivity contribution >= 4 is 44.8 Å². The van der Waals surface area contributed by atoms with Crippen molar-refractivity contribution in [3.05, 3.63) is 81.1 Å². The highest BCUT2D eigenvalue weighted by molar-refractivity contribution is 7.20. The first-order chi connectivity index (χ1) is 19.3. The fraction of sp³-hybridized carbons (Fsp3) is 0.321. The van der Waals surface area contributed by atoms with Crippen LogP contribution < -0.4 is 4.74 Å². The van der Waals surface area contributed by atoms with Crippen LogP contribution in [-0.4, -0.2) is 56.3 Å². The smallest absolute Gasteiger partial charge is 0.346 e. The summed E-state index contributed by atoms with van der Waals surface area (Å²) in [6.07, 6.45) is 3.72. The highest BCUT2D eigenvalue weighted by atomic mass is 35.5. The highest BCUT2D eigenvalue weighted by Crippen LogP contribution is 2.30. The summed E-state index contributed by atoms with van der Waals surface area (Å²) in [5, 5.41) is 9.68. The quantitative estimate of drug-likeness (QED) is 0.266. The Morgan fingerprint density at radius 2 is 2.08 bits per heavy atom. The minimum atomic E-state index is -0.957. The third-order valence-corrected chi connectivity index (χ3v) is 8.30. The SMILES string of the molecule is O=C(O)c1cc2c(nc(CN3CC=C(c4cc(F)cc(OCc5ccc(Cl)cc5F)n4)CC3)n2CC2CCO2)s1. The Hall–Kier alpha value is -3.38. The Morgan fingerprint density at radius 3 is 2.77 bits per heavy atom. The molecule has 1 fully saturated rings. The lowest BCUT2D eigenvalue weighted by molar-refractivity contribution is -0.0591. The zero-order valence-electron chi connectivity index (χ0n) is 21.3. The number of rotatable bonds is 9. The number of nitrogens with zero attached hydrogens (tertiary/aromatic N) is 4. The molecule has 0 bridgehead atoms. The van der Waals surface area contributed by atoms with E-state index in [0.717, 1.165) is 29.9 Å². The molecule has 5 heterocycles. The van der Waals surface area contributed by atoms with Gasteiger partial charge in [-0.2, -0.15) is 0 Å². The molecule has 1 saturated heterocycles. The van der Waals surface area contributed by atoms with E-state index in [9.17, 15) is 18.7 Å². The summed E-state index contributed by atoms with van der Waals surface area (Å²) in [6, 6.07) is 8.53. The third kappa shape index (κ3) is 5.73. The van der Waals surface area contributed by atoms with Crippen LogP contribution in [0, 0.1) is 11.6 Å². The second-order valence-electron chi connectivity index (χ2n) is 9.77. The third-order valence-electron chi connectivity index (χ3n) is 7.06. The van der Waals surface area contributed by atoms with Gasteiger partial charge < -0.3 is 19.1 Å². The highest BCUT2D eigenvalue weighted by Gasteiger charge is 2.25. The van der Waals surface area contributed by atoms with E-state index in [2.05, 4.69) is 14.5 Å². The summed E-state index contributed by atoms with van der Waals surface area (Å²) in [6.45, 7) is 3.16. The molecular weight excluding hydrogens is 562 g/mol. The number of benzene rings is 1. The predicted molar refractivity (Wildman–Crippen MR) is 147 cm³/mol. The first-order valence-electron chi connectivity index (χ1n) is 12.8. The number of carboxylic acids is 1. The van der Waals surface area contributed by atoms with Crippen LogP contribution in [0.1, 0.15) is 39.6 Å². The molecule has 40 heavy (non-hydrogen) atoms. The molecule has 1 N–H and O–H groups in total. The fourth-order valence-corrected chi connectivity index (χ4v) is 5.86. The number of carbonyl (C=O) groups is 1. The van der Waals surface area contributed by atoms with Gasteiger partial charge in [0.15, 0.2) is 0 Å². The Labute approximate surface area is 237 Å². The van der Waals surface area contributed by atoms with E-state index in [0.29, 0.717) is 48.7 Å². The fourth-order valence-electron chi connectivity index (χ4n) is 4.81. The van der Waals surface area contributed by atoms with Crippen LogP contribution in [0.5, 0.6) is 5.88 Å². The van der Waals surface area contributed by atoms with Gasteiger partial charge in [0.25, 0.3) is 0 Å². The number of hydrogen-bond donors (Lipinski definition) is 1. The number of thiophene rings is 1. The van der Waals surface area contributed by atoms with Crippen LogP contribution in [0.3, 0.4) is 0 Å². The van der Waals surface area contributed by atoms with Crippen LogP contribution in [0.4, 0.5) is 8.78 Å². The van der Waals surface area contributed by atoms with Gasteiger partial charge in [0.2, 0.25) is 5.88 Å². The number of aromatic nitrogens is 3. The molecule has 2 aliphatic heterocycles. The van der Waals surface area contributed by atoms with Crippen LogP contribution in [0.25, 0.3) is 15.9 Å². The van der Waals surface area contributed by atoms with Crippen molar-refractivity contribution in [3.8, 4) is 5.88 Å². The average molecular weight is 587 g/mol. The number of imidazole rings is 1. The van der Waals surface area contributed by atoms with Crippen molar-refractivity contribution in [2.75, 3.05) is 19.7 Å². The van der Waals surface area contributed by atoms with Crippen molar-refractivity contribution in [2.24, 2.45) is 0 Å². The molecule has 3 aromatic heterocycles. The average Bonchev–Trinajstić information content (AvgIpc) is 3.44. The molecule has 1 aromatic carbocycles. The zero-order chi connectivity index (χ0) is 27.8. The summed E-state index contributed by atoms with van der Waals surface area (Å²) in [7, 11) is 0. The molecule has 2 aliphatic rings. The summed E-state index contributed by atoms with van der Waals surface area (Å²) in [4.78, 5) is 23.9. The first-order valence-corrected chi connectivity index (χ1v) is 14.0. The van der Waals surface area contributed by atoms with Gasteiger partial charge in [0, 0.05) is 42.4 Å². The Kier molecular flexibility index (Phi) is 7.54. The normalized spacial score (nSPS) is 17.6. The molecule has 208 valence electrons. The zero-order valence-corrected chi connectivity index (χ0v) is 22.9. The van der Waals surface area contributed by atoms with E-state index in [1.807, 2.05) is 6.08 Å². The number of fused-ring (bicyclic) bond motifs is 1. The second-order valence-corrected chi connectivity index (χ2v) is 11.2. The number of carboxylic acid groups (broad SMARTS) is 1. The van der Waals surface area contributed by atoms with E-state index in [4.69, 9.17) is 26.1 Å². The van der Waals surface area contributed by atoms with Crippen LogP contribution in [0.2, 0.25) is 5.02 Å². The minimum Gasteiger partial charge on any atom is -0.477 e. The largest absolute Gasteiger partial charge is 0.477 e. The molecule has 0 spiro atoms. The van der Waals surface area contributed by atoms with Gasteiger partial charge in [0.05, 0.1) is 30.4 Å². The molecule has 0 amide bonds. The van der Waals surface area contributed by atoms with E-state index < -0.39 is 17.6 Å². The van der Waals surface area contributed by atoms with Crippen molar-refractivity contribution < 1.29 is 28.2 Å². The van der Waals surface area contributed by atoms with Crippen LogP contribution in [-0.2, 0) is 24.4 Å². The van der Waals surface area contributed by atoms with Crippen molar-refractivity contribution in [1.82, 2.24) is 19.4 Å². The van der Waals surface area contributed by atoms with Crippen molar-refractivity contribution in [3.63, 3.8) is 0 Å². The maximum Gasteiger partial charge on any atom is 0.346 e. The Bertz CT molecular complexity index is 1620. The Balaban J connectivity index is 1.15.